The third-order valence-electron chi connectivity index (χ3n) is 9.31. The van der Waals surface area contributed by atoms with Crippen molar-refractivity contribution in [1.82, 2.24) is 15.2 Å². The number of likely N-dealkylation sites (tertiary alicyclic amines) is 1. The van der Waals surface area contributed by atoms with Gasteiger partial charge in [-0.15, -0.1) is 0 Å². The number of primary amides is 1. The summed E-state index contributed by atoms with van der Waals surface area (Å²) in [7, 11) is 1.64. The number of methoxy groups -OCH3 is 1. The Labute approximate surface area is 257 Å². The average Bonchev–Trinajstić information content (AvgIpc) is 3.87. The van der Waals surface area contributed by atoms with Crippen LogP contribution in [0.4, 0.5) is 0 Å². The lowest BCUT2D eigenvalue weighted by atomic mass is 9.92. The van der Waals surface area contributed by atoms with Crippen LogP contribution < -0.4 is 20.5 Å². The molecule has 1 aromatic heterocycles. The number of nitrogens with zero attached hydrogens (tertiary/aromatic N) is 2. The number of carbonyl (C=O) groups is 2. The van der Waals surface area contributed by atoms with Crippen molar-refractivity contribution in [2.45, 2.75) is 57.2 Å². The van der Waals surface area contributed by atoms with E-state index in [-0.39, 0.29) is 5.91 Å². The number of aromatic nitrogens is 1. The molecule has 1 unspecified atom stereocenters. The highest BCUT2D eigenvalue weighted by molar-refractivity contribution is 5.99. The van der Waals surface area contributed by atoms with Crippen molar-refractivity contribution in [2.24, 2.45) is 11.7 Å². The zero-order valence-corrected chi connectivity index (χ0v) is 25.3. The lowest BCUT2D eigenvalue weighted by Crippen LogP contribution is -2.59. The average molecular weight is 591 g/mol. The minimum atomic E-state index is -0.531. The van der Waals surface area contributed by atoms with Crippen LogP contribution in [0.1, 0.15) is 72.1 Å². The maximum absolute atomic E-state index is 13.7. The first kappa shape index (κ1) is 28.3. The summed E-state index contributed by atoms with van der Waals surface area (Å²) in [6.45, 7) is 3.93. The van der Waals surface area contributed by atoms with E-state index < -0.39 is 11.6 Å². The predicted molar refractivity (Wildman–Crippen MR) is 170 cm³/mol. The van der Waals surface area contributed by atoms with Gasteiger partial charge in [-0.1, -0.05) is 43.4 Å². The zero-order chi connectivity index (χ0) is 30.4. The molecule has 8 nitrogen and oxygen atoms in total. The molecule has 1 saturated carbocycles. The number of benzene rings is 2. The van der Waals surface area contributed by atoms with E-state index >= 15 is 0 Å². The minimum absolute atomic E-state index is 0.0774. The normalized spacial score (nSPS) is 21.0. The molecule has 4 aliphatic rings. The lowest BCUT2D eigenvalue weighted by Gasteiger charge is -2.45. The molecular weight excluding hydrogens is 552 g/mol. The number of para-hydroxylation sites is 1. The maximum Gasteiger partial charge on any atom is 0.272 e. The third-order valence-corrected chi connectivity index (χ3v) is 9.31. The van der Waals surface area contributed by atoms with Gasteiger partial charge >= 0.3 is 0 Å². The number of ether oxygens (including phenoxy) is 2. The number of piperidine rings is 1. The molecule has 2 aromatic carbocycles. The third kappa shape index (κ3) is 5.39. The van der Waals surface area contributed by atoms with Crippen molar-refractivity contribution in [1.29, 1.82) is 0 Å². The van der Waals surface area contributed by atoms with E-state index in [1.165, 1.54) is 5.56 Å². The number of hydrogen-bond acceptors (Lipinski definition) is 6. The number of rotatable bonds is 5. The Kier molecular flexibility index (Phi) is 7.25. The van der Waals surface area contributed by atoms with E-state index in [4.69, 9.17) is 20.2 Å². The molecule has 1 atom stereocenters. The van der Waals surface area contributed by atoms with Gasteiger partial charge in [0.1, 0.15) is 17.2 Å². The smallest absolute Gasteiger partial charge is 0.272 e. The quantitative estimate of drug-likeness (QED) is 0.399. The molecule has 1 saturated heterocycles. The molecule has 7 rings (SSSR count). The molecule has 2 fully saturated rings. The Morgan fingerprint density at radius 1 is 1.14 bits per heavy atom. The molecule has 0 radical (unpaired) electrons. The van der Waals surface area contributed by atoms with Gasteiger partial charge in [0.25, 0.3) is 5.91 Å². The monoisotopic (exact) mass is 590 g/mol. The van der Waals surface area contributed by atoms with Gasteiger partial charge in [0.2, 0.25) is 5.91 Å². The Balaban J connectivity index is 1.07. The van der Waals surface area contributed by atoms with Gasteiger partial charge in [-0.3, -0.25) is 14.9 Å². The Morgan fingerprint density at radius 2 is 1.95 bits per heavy atom. The van der Waals surface area contributed by atoms with E-state index in [9.17, 15) is 9.59 Å². The molecule has 1 spiro atoms. The number of fused-ring (bicyclic) bond motifs is 2. The van der Waals surface area contributed by atoms with E-state index in [2.05, 4.69) is 30.4 Å². The number of nitrogens with two attached hydrogens (primary N) is 1. The maximum atomic E-state index is 13.7. The summed E-state index contributed by atoms with van der Waals surface area (Å²) in [6.07, 6.45) is 12.4. The van der Waals surface area contributed by atoms with Gasteiger partial charge in [0, 0.05) is 55.1 Å². The predicted octanol–water partition coefficient (Wildman–Crippen LogP) is 5.63. The lowest BCUT2D eigenvalue weighted by molar-refractivity contribution is -0.114. The standard InChI is InChI=1S/C36H38N4O4/c1-22-5-3-6-25(34(37)41)19-26(17-22)24-11-12-31-27(18-24)21-38-36(44-31)13-15-40(16-14-36)35(42)30-20-32(43-2)29-8-4-7-28(23-9-10-23)33(29)39-30/h3-4,6-8,11-12,17-20,22-23,38H,5,9-10,13-16,21H2,1-2H3,(H2,37,41). The van der Waals surface area contributed by atoms with Gasteiger partial charge < -0.3 is 20.1 Å². The summed E-state index contributed by atoms with van der Waals surface area (Å²) >= 11 is 0. The molecule has 8 heteroatoms. The van der Waals surface area contributed by atoms with Crippen LogP contribution in [-0.2, 0) is 11.3 Å². The van der Waals surface area contributed by atoms with Crippen molar-refractivity contribution >= 4 is 28.3 Å². The second-order valence-electron chi connectivity index (χ2n) is 12.5. The highest BCUT2D eigenvalue weighted by Crippen LogP contribution is 2.44. The summed E-state index contributed by atoms with van der Waals surface area (Å²) in [4.78, 5) is 32.4. The van der Waals surface area contributed by atoms with Gasteiger partial charge in [0.15, 0.2) is 5.72 Å². The Morgan fingerprint density at radius 3 is 2.70 bits per heavy atom. The van der Waals surface area contributed by atoms with Crippen LogP contribution in [0.2, 0.25) is 0 Å². The molecule has 2 aliphatic heterocycles. The van der Waals surface area contributed by atoms with Crippen molar-refractivity contribution in [2.75, 3.05) is 20.2 Å². The van der Waals surface area contributed by atoms with Crippen LogP contribution in [0.5, 0.6) is 11.5 Å². The molecular formula is C36H38N4O4. The SMILES string of the molecule is COc1cc(C(=O)N2CCC3(CC2)NCc2cc(C4=CC(C)CC=CC(C(N)=O)=C4)ccc2O3)nc2c(C3CC3)cccc12. The molecule has 3 N–H and O–H groups in total. The zero-order valence-electron chi connectivity index (χ0n) is 25.3. The van der Waals surface area contributed by atoms with Gasteiger partial charge in [-0.2, -0.15) is 0 Å². The van der Waals surface area contributed by atoms with E-state index in [0.29, 0.717) is 61.3 Å². The molecule has 3 aromatic rings. The summed E-state index contributed by atoms with van der Waals surface area (Å²) in [5.74, 6) is 1.87. The topological polar surface area (TPSA) is 107 Å². The van der Waals surface area contributed by atoms with Crippen molar-refractivity contribution in [3.05, 3.63) is 94.7 Å². The number of hydrogen-bond donors (Lipinski definition) is 2. The number of nitrogens with one attached hydrogen (secondary N) is 1. The number of allylic oxidation sites excluding steroid dienone is 4. The van der Waals surface area contributed by atoms with Gasteiger partial charge in [-0.05, 0) is 72.1 Å². The van der Waals surface area contributed by atoms with Gasteiger partial charge in [-0.25, -0.2) is 4.98 Å². The molecule has 44 heavy (non-hydrogen) atoms. The highest BCUT2D eigenvalue weighted by Gasteiger charge is 2.41. The van der Waals surface area contributed by atoms with Crippen LogP contribution in [0, 0.1) is 5.92 Å². The molecule has 226 valence electrons. The Bertz CT molecular complexity index is 1740. The summed E-state index contributed by atoms with van der Waals surface area (Å²) in [5.41, 5.74) is 11.2. The fraction of sp³-hybridized carbons (Fsp3) is 0.361. The van der Waals surface area contributed by atoms with Gasteiger partial charge in [0.05, 0.1) is 12.6 Å². The summed E-state index contributed by atoms with van der Waals surface area (Å²) in [6, 6.07) is 14.2. The number of pyridine rings is 1. The summed E-state index contributed by atoms with van der Waals surface area (Å²) < 4.78 is 12.3. The van der Waals surface area contributed by atoms with E-state index in [1.807, 2.05) is 47.4 Å². The second kappa shape index (κ2) is 11.2. The first-order valence-corrected chi connectivity index (χ1v) is 15.6. The number of carbonyl (C=O) groups excluding carboxylic acids is 2. The van der Waals surface area contributed by atoms with Crippen LogP contribution >= 0.6 is 0 Å². The van der Waals surface area contributed by atoms with Crippen LogP contribution in [0.15, 0.2) is 72.3 Å². The molecule has 2 amide bonds. The first-order chi connectivity index (χ1) is 21.3. The largest absolute Gasteiger partial charge is 0.496 e. The second-order valence-corrected chi connectivity index (χ2v) is 12.5. The van der Waals surface area contributed by atoms with Crippen molar-refractivity contribution in [3.8, 4) is 11.5 Å². The number of amides is 2. The molecule has 0 bridgehead atoms. The summed E-state index contributed by atoms with van der Waals surface area (Å²) in [5, 5.41) is 4.58. The van der Waals surface area contributed by atoms with Crippen LogP contribution in [0.25, 0.3) is 16.5 Å². The van der Waals surface area contributed by atoms with Crippen molar-refractivity contribution < 1.29 is 19.1 Å². The Hall–Kier alpha value is -4.43. The minimum Gasteiger partial charge on any atom is -0.496 e. The highest BCUT2D eigenvalue weighted by atomic mass is 16.5. The molecule has 3 heterocycles. The first-order valence-electron chi connectivity index (χ1n) is 15.6. The fourth-order valence-electron chi connectivity index (χ4n) is 6.63. The molecule has 2 aliphatic carbocycles. The van der Waals surface area contributed by atoms with Crippen molar-refractivity contribution in [3.63, 3.8) is 0 Å². The van der Waals surface area contributed by atoms with E-state index in [1.54, 1.807) is 13.2 Å². The van der Waals surface area contributed by atoms with Crippen LogP contribution in [0.3, 0.4) is 0 Å². The van der Waals surface area contributed by atoms with E-state index in [0.717, 1.165) is 52.6 Å². The van der Waals surface area contributed by atoms with Crippen LogP contribution in [-0.4, -0.2) is 47.6 Å². The fourth-order valence-corrected chi connectivity index (χ4v) is 6.63.